The highest BCUT2D eigenvalue weighted by atomic mass is 16.6. The smallest absolute Gasteiger partial charge is 0.411 e. The Hall–Kier alpha value is -6.02. The van der Waals surface area contributed by atoms with Gasteiger partial charge < -0.3 is 40.4 Å². The number of rotatable bonds is 15. The molecule has 1 saturated carbocycles. The summed E-state index contributed by atoms with van der Waals surface area (Å²) < 4.78 is 5.86. The molecule has 5 aromatic rings. The zero-order valence-corrected chi connectivity index (χ0v) is 32.5. The minimum Gasteiger partial charge on any atom is -0.506 e. The van der Waals surface area contributed by atoms with E-state index in [1.807, 2.05) is 78.9 Å². The number of aliphatic hydroxyl groups excluding tert-OH is 1. The Kier molecular flexibility index (Phi) is 12.8. The number of hydrogen-bond acceptors (Lipinski definition) is 9. The Balaban J connectivity index is 0.768. The van der Waals surface area contributed by atoms with E-state index in [4.69, 9.17) is 4.74 Å². The van der Waals surface area contributed by atoms with Crippen molar-refractivity contribution in [1.29, 1.82) is 0 Å². The molecule has 3 amide bonds. The van der Waals surface area contributed by atoms with E-state index in [2.05, 4.69) is 25.8 Å². The summed E-state index contributed by atoms with van der Waals surface area (Å²) in [5.74, 6) is 0.603. The minimum absolute atomic E-state index is 0.00553. The first-order valence-corrected chi connectivity index (χ1v) is 19.8. The third-order valence-electron chi connectivity index (χ3n) is 11.2. The summed E-state index contributed by atoms with van der Waals surface area (Å²) in [6, 6.07) is 31.0. The average Bonchev–Trinajstić information content (AvgIpc) is 3.78. The fourth-order valence-corrected chi connectivity index (χ4v) is 8.15. The predicted molar refractivity (Wildman–Crippen MR) is 223 cm³/mol. The molecule has 302 valence electrons. The third kappa shape index (κ3) is 10.1. The number of carbonyl (C=O) groups excluding carboxylic acids is 3. The van der Waals surface area contributed by atoms with Crippen LogP contribution in [0.5, 0.6) is 5.75 Å². The maximum Gasteiger partial charge on any atom is 0.411 e. The van der Waals surface area contributed by atoms with Gasteiger partial charge in [-0.2, -0.15) is 0 Å². The lowest BCUT2D eigenvalue weighted by atomic mass is 10.0. The minimum atomic E-state index is -0.871. The summed E-state index contributed by atoms with van der Waals surface area (Å²) >= 11 is 0. The summed E-state index contributed by atoms with van der Waals surface area (Å²) in [5.41, 5.74) is 4.81. The summed E-state index contributed by atoms with van der Waals surface area (Å²) in [6.07, 6.45) is 0.733. The van der Waals surface area contributed by atoms with Crippen LogP contribution in [0.1, 0.15) is 42.9 Å². The van der Waals surface area contributed by atoms with E-state index in [0.29, 0.717) is 60.2 Å². The molecule has 2 heterocycles. The van der Waals surface area contributed by atoms with Crippen molar-refractivity contribution in [3.8, 4) is 16.9 Å². The lowest BCUT2D eigenvalue weighted by Crippen LogP contribution is -2.34. The van der Waals surface area contributed by atoms with Crippen LogP contribution in [0.4, 0.5) is 16.2 Å². The number of para-hydroxylation sites is 1. The molecule has 1 aromatic heterocycles. The van der Waals surface area contributed by atoms with Crippen molar-refractivity contribution in [2.45, 2.75) is 44.4 Å². The molecule has 1 aliphatic heterocycles. The predicted octanol–water partition coefficient (Wildman–Crippen LogP) is 5.86. The van der Waals surface area contributed by atoms with Gasteiger partial charge in [-0.1, -0.05) is 66.7 Å². The highest BCUT2D eigenvalue weighted by Crippen LogP contribution is 2.40. The van der Waals surface area contributed by atoms with Crippen molar-refractivity contribution < 1.29 is 29.3 Å². The summed E-state index contributed by atoms with van der Waals surface area (Å²) in [4.78, 5) is 56.7. The van der Waals surface area contributed by atoms with Gasteiger partial charge in [0.25, 0.3) is 0 Å². The van der Waals surface area contributed by atoms with Gasteiger partial charge in [-0.25, -0.2) is 4.79 Å². The van der Waals surface area contributed by atoms with Crippen molar-refractivity contribution >= 4 is 40.2 Å². The number of fused-ring (bicyclic) bond motifs is 2. The highest BCUT2D eigenvalue weighted by Gasteiger charge is 2.42. The first kappa shape index (κ1) is 40.2. The van der Waals surface area contributed by atoms with Crippen molar-refractivity contribution in [2.24, 2.45) is 11.8 Å². The molecular weight excluding hydrogens is 737 g/mol. The van der Waals surface area contributed by atoms with Gasteiger partial charge in [0, 0.05) is 81.9 Å². The number of ether oxygens (including phenoxy) is 1. The van der Waals surface area contributed by atoms with Crippen molar-refractivity contribution in [3.05, 3.63) is 125 Å². The molecule has 2 fully saturated rings. The van der Waals surface area contributed by atoms with Crippen molar-refractivity contribution in [2.75, 3.05) is 50.4 Å². The van der Waals surface area contributed by atoms with Gasteiger partial charge in [0.15, 0.2) is 0 Å². The molecule has 58 heavy (non-hydrogen) atoms. The van der Waals surface area contributed by atoms with Gasteiger partial charge in [-0.15, -0.1) is 0 Å². The van der Waals surface area contributed by atoms with Crippen LogP contribution in [-0.4, -0.2) is 88.8 Å². The maximum absolute atomic E-state index is 12.9. The molecule has 7 rings (SSSR count). The molecule has 3 atom stereocenters. The van der Waals surface area contributed by atoms with E-state index in [1.54, 1.807) is 24.1 Å². The molecule has 13 nitrogen and oxygen atoms in total. The molecule has 1 saturated heterocycles. The Bertz CT molecular complexity index is 2270. The van der Waals surface area contributed by atoms with Crippen LogP contribution in [0.3, 0.4) is 0 Å². The monoisotopic (exact) mass is 786 g/mol. The van der Waals surface area contributed by atoms with Gasteiger partial charge in [0.1, 0.15) is 11.9 Å². The van der Waals surface area contributed by atoms with Gasteiger partial charge in [-0.05, 0) is 71.7 Å². The Morgan fingerprint density at radius 2 is 1.60 bits per heavy atom. The number of nitrogens with one attached hydrogen (secondary N) is 4. The Morgan fingerprint density at radius 1 is 0.879 bits per heavy atom. The number of aromatic hydroxyl groups is 1. The van der Waals surface area contributed by atoms with E-state index in [1.165, 1.54) is 12.1 Å². The summed E-state index contributed by atoms with van der Waals surface area (Å²) in [6.45, 7) is 3.43. The second-order valence-electron chi connectivity index (χ2n) is 15.3. The highest BCUT2D eigenvalue weighted by molar-refractivity contribution is 5.92. The number of aromatic nitrogens is 1. The fraction of sp³-hybridized carbons (Fsp3) is 0.333. The fourth-order valence-electron chi connectivity index (χ4n) is 8.15. The second-order valence-corrected chi connectivity index (χ2v) is 15.3. The largest absolute Gasteiger partial charge is 0.506 e. The quantitative estimate of drug-likeness (QED) is 0.0760. The molecule has 2 unspecified atom stereocenters. The van der Waals surface area contributed by atoms with Gasteiger partial charge in [0.2, 0.25) is 17.4 Å². The SMILES string of the molecule is CN(CCC(=O)Nc1ccc(CNC[C@H](O)c2ccc(O)c3[nH]c(=O)ccc23)cc1)C(=O)CCN1CC2CC(OC(=O)Nc3ccccc3-c3ccccc3)CC2C1. The molecule has 13 heteroatoms. The number of nitrogens with zero attached hydrogens (tertiary/aromatic N) is 2. The van der Waals surface area contributed by atoms with Crippen LogP contribution in [-0.2, 0) is 20.9 Å². The molecule has 2 aliphatic rings. The molecule has 0 radical (unpaired) electrons. The number of aliphatic hydroxyl groups is 1. The topological polar surface area (TPSA) is 176 Å². The summed E-state index contributed by atoms with van der Waals surface area (Å²) in [5, 5.41) is 30.5. The van der Waals surface area contributed by atoms with E-state index < -0.39 is 12.2 Å². The standard InChI is InChI=1S/C45H50N6O7/c1-50(21-19-42(55)47-33-13-11-29(12-14-33)25-46-26-40(53)36-15-17-39(52)44-37(36)16-18-41(54)49-44)43(56)20-22-51-27-31-23-34(24-32(31)28-51)58-45(57)48-38-10-6-5-9-35(38)30-7-3-2-4-8-30/h2-18,31-32,34,40,46,52-53H,19-28H2,1H3,(H,47,55)(H,48,57)(H,49,54)/t31?,32?,34?,40-/m0/s1. The van der Waals surface area contributed by atoms with Crippen LogP contribution < -0.4 is 21.5 Å². The molecule has 6 N–H and O–H groups in total. The zero-order valence-electron chi connectivity index (χ0n) is 32.5. The van der Waals surface area contributed by atoms with Crippen LogP contribution in [0.15, 0.2) is 108 Å². The molecule has 1 aliphatic carbocycles. The van der Waals surface area contributed by atoms with Gasteiger partial charge in [0.05, 0.1) is 17.3 Å². The number of benzene rings is 4. The number of anilines is 2. The number of pyridine rings is 1. The molecule has 0 spiro atoms. The van der Waals surface area contributed by atoms with E-state index in [0.717, 1.165) is 42.6 Å². The lowest BCUT2D eigenvalue weighted by molar-refractivity contribution is -0.130. The van der Waals surface area contributed by atoms with Crippen LogP contribution in [0.2, 0.25) is 0 Å². The zero-order chi connectivity index (χ0) is 40.6. The second kappa shape index (κ2) is 18.5. The van der Waals surface area contributed by atoms with Gasteiger partial charge >= 0.3 is 6.09 Å². The number of phenols is 1. The number of aromatic amines is 1. The first-order valence-electron chi connectivity index (χ1n) is 19.8. The number of phenolic OH excluding ortho intramolecular Hbond substituents is 1. The van der Waals surface area contributed by atoms with E-state index in [9.17, 15) is 29.4 Å². The number of hydrogen-bond donors (Lipinski definition) is 6. The third-order valence-corrected chi connectivity index (χ3v) is 11.2. The first-order chi connectivity index (χ1) is 28.1. The summed E-state index contributed by atoms with van der Waals surface area (Å²) in [7, 11) is 1.73. The van der Waals surface area contributed by atoms with E-state index in [-0.39, 0.29) is 47.7 Å². The van der Waals surface area contributed by atoms with Crippen molar-refractivity contribution in [3.63, 3.8) is 0 Å². The normalized spacial score (nSPS) is 18.1. The molecule has 0 bridgehead atoms. The Morgan fingerprint density at radius 3 is 2.36 bits per heavy atom. The average molecular weight is 787 g/mol. The molecule has 4 aromatic carbocycles. The number of likely N-dealkylation sites (tertiary alicyclic amines) is 1. The lowest BCUT2D eigenvalue weighted by Gasteiger charge is -2.21. The van der Waals surface area contributed by atoms with Gasteiger partial charge in [-0.3, -0.25) is 19.7 Å². The van der Waals surface area contributed by atoms with Crippen LogP contribution in [0, 0.1) is 11.8 Å². The van der Waals surface area contributed by atoms with Crippen molar-refractivity contribution in [1.82, 2.24) is 20.1 Å². The van der Waals surface area contributed by atoms with Crippen LogP contribution in [0.25, 0.3) is 22.0 Å². The molecular formula is C45H50N6O7. The van der Waals surface area contributed by atoms with Crippen LogP contribution >= 0.6 is 0 Å². The number of H-pyrrole nitrogens is 1. The number of amides is 3. The Labute approximate surface area is 337 Å². The number of carbonyl (C=O) groups is 3. The maximum atomic E-state index is 12.9. The van der Waals surface area contributed by atoms with E-state index >= 15 is 0 Å².